The van der Waals surface area contributed by atoms with Crippen molar-refractivity contribution in [2.75, 3.05) is 33.3 Å². The van der Waals surface area contributed by atoms with Gasteiger partial charge in [0.25, 0.3) is 0 Å². The quantitative estimate of drug-likeness (QED) is 0.731. The minimum Gasteiger partial charge on any atom is -0.395 e. The van der Waals surface area contributed by atoms with Crippen LogP contribution in [0.4, 0.5) is 0 Å². The normalized spacial score (nSPS) is 12.2. The van der Waals surface area contributed by atoms with Crippen molar-refractivity contribution in [3.63, 3.8) is 0 Å². The zero-order chi connectivity index (χ0) is 18.9. The standard InChI is InChI=1S/C21H27ClN2O2/c1-17(19-8-10-20(22)11-9-19)23(2)21(26)16-24(14-15-25)13-12-18-6-4-3-5-7-18/h3-11,17,25H,12-16H2,1-2H3. The van der Waals surface area contributed by atoms with Crippen LogP contribution in [-0.4, -0.2) is 54.1 Å². The maximum atomic E-state index is 12.7. The summed E-state index contributed by atoms with van der Waals surface area (Å²) in [6.45, 7) is 3.56. The second kappa shape index (κ2) is 10.3. The van der Waals surface area contributed by atoms with Gasteiger partial charge < -0.3 is 10.0 Å². The van der Waals surface area contributed by atoms with Crippen molar-refractivity contribution in [3.05, 3.63) is 70.7 Å². The van der Waals surface area contributed by atoms with Crippen LogP contribution in [0, 0.1) is 0 Å². The van der Waals surface area contributed by atoms with E-state index in [4.69, 9.17) is 11.6 Å². The molecule has 0 spiro atoms. The van der Waals surface area contributed by atoms with Crippen molar-refractivity contribution in [1.82, 2.24) is 9.80 Å². The number of carbonyl (C=O) groups is 1. The zero-order valence-corrected chi connectivity index (χ0v) is 16.2. The van der Waals surface area contributed by atoms with Gasteiger partial charge in [-0.05, 0) is 36.6 Å². The maximum absolute atomic E-state index is 12.7. The fourth-order valence-corrected chi connectivity index (χ4v) is 2.95. The Balaban J connectivity index is 1.93. The second-order valence-electron chi connectivity index (χ2n) is 6.47. The summed E-state index contributed by atoms with van der Waals surface area (Å²) in [5.41, 5.74) is 2.27. The number of nitrogens with zero attached hydrogens (tertiary/aromatic N) is 2. The summed E-state index contributed by atoms with van der Waals surface area (Å²) >= 11 is 5.94. The van der Waals surface area contributed by atoms with Gasteiger partial charge in [0.15, 0.2) is 0 Å². The van der Waals surface area contributed by atoms with Gasteiger partial charge in [-0.15, -0.1) is 0 Å². The van der Waals surface area contributed by atoms with Crippen LogP contribution in [0.15, 0.2) is 54.6 Å². The van der Waals surface area contributed by atoms with Gasteiger partial charge in [-0.2, -0.15) is 0 Å². The number of benzene rings is 2. The number of likely N-dealkylation sites (N-methyl/N-ethyl adjacent to an activating group) is 1. The van der Waals surface area contributed by atoms with E-state index in [0.29, 0.717) is 18.1 Å². The number of hydrogen-bond acceptors (Lipinski definition) is 3. The minimum atomic E-state index is -0.0372. The second-order valence-corrected chi connectivity index (χ2v) is 6.90. The molecule has 0 radical (unpaired) electrons. The van der Waals surface area contributed by atoms with Crippen LogP contribution in [0.5, 0.6) is 0 Å². The van der Waals surface area contributed by atoms with Gasteiger partial charge in [0.1, 0.15) is 0 Å². The lowest BCUT2D eigenvalue weighted by Crippen LogP contribution is -2.41. The van der Waals surface area contributed by atoms with E-state index in [2.05, 4.69) is 12.1 Å². The van der Waals surface area contributed by atoms with Crippen molar-refractivity contribution >= 4 is 17.5 Å². The molecule has 1 N–H and O–H groups in total. The van der Waals surface area contributed by atoms with Crippen LogP contribution < -0.4 is 0 Å². The average molecular weight is 375 g/mol. The van der Waals surface area contributed by atoms with Gasteiger partial charge >= 0.3 is 0 Å². The first kappa shape index (κ1) is 20.4. The molecule has 0 heterocycles. The molecule has 0 saturated heterocycles. The molecule has 4 nitrogen and oxygen atoms in total. The Kier molecular flexibility index (Phi) is 8.10. The Morgan fingerprint density at radius 1 is 1.08 bits per heavy atom. The molecular formula is C21H27ClN2O2. The molecule has 1 unspecified atom stereocenters. The molecule has 0 aromatic heterocycles. The fraction of sp³-hybridized carbons (Fsp3) is 0.381. The van der Waals surface area contributed by atoms with E-state index in [1.54, 1.807) is 4.90 Å². The highest BCUT2D eigenvalue weighted by atomic mass is 35.5. The summed E-state index contributed by atoms with van der Waals surface area (Å²) in [6, 6.07) is 17.7. The first-order chi connectivity index (χ1) is 12.5. The summed E-state index contributed by atoms with van der Waals surface area (Å²) in [4.78, 5) is 16.4. The third-order valence-corrected chi connectivity index (χ3v) is 4.91. The first-order valence-corrected chi connectivity index (χ1v) is 9.27. The lowest BCUT2D eigenvalue weighted by atomic mass is 10.1. The van der Waals surface area contributed by atoms with Gasteiger partial charge in [-0.25, -0.2) is 0 Å². The number of aliphatic hydroxyl groups excluding tert-OH is 1. The van der Waals surface area contributed by atoms with Crippen LogP contribution in [-0.2, 0) is 11.2 Å². The Morgan fingerprint density at radius 3 is 2.35 bits per heavy atom. The van der Waals surface area contributed by atoms with Gasteiger partial charge in [-0.3, -0.25) is 9.69 Å². The van der Waals surface area contributed by atoms with Gasteiger partial charge in [0.05, 0.1) is 19.2 Å². The summed E-state index contributed by atoms with van der Waals surface area (Å²) in [5.74, 6) is 0.0361. The van der Waals surface area contributed by atoms with Crippen LogP contribution in [0.25, 0.3) is 0 Å². The Hall–Kier alpha value is -1.88. The Morgan fingerprint density at radius 2 is 1.73 bits per heavy atom. The first-order valence-electron chi connectivity index (χ1n) is 8.89. The summed E-state index contributed by atoms with van der Waals surface area (Å²) in [6.07, 6.45) is 0.852. The number of amides is 1. The van der Waals surface area contributed by atoms with Crippen LogP contribution in [0.1, 0.15) is 24.1 Å². The molecule has 0 saturated carbocycles. The lowest BCUT2D eigenvalue weighted by Gasteiger charge is -2.29. The van der Waals surface area contributed by atoms with E-state index in [0.717, 1.165) is 18.5 Å². The molecule has 26 heavy (non-hydrogen) atoms. The van der Waals surface area contributed by atoms with Crippen molar-refractivity contribution in [2.45, 2.75) is 19.4 Å². The van der Waals surface area contributed by atoms with Crippen molar-refractivity contribution in [1.29, 1.82) is 0 Å². The van der Waals surface area contributed by atoms with E-state index < -0.39 is 0 Å². The number of carbonyl (C=O) groups excluding carboxylic acids is 1. The number of halogens is 1. The molecule has 1 amide bonds. The summed E-state index contributed by atoms with van der Waals surface area (Å²) < 4.78 is 0. The van der Waals surface area contributed by atoms with E-state index in [1.165, 1.54) is 5.56 Å². The molecule has 0 aliphatic carbocycles. The molecule has 2 aromatic rings. The van der Waals surface area contributed by atoms with Crippen LogP contribution in [0.2, 0.25) is 5.02 Å². The highest BCUT2D eigenvalue weighted by Gasteiger charge is 2.19. The Labute approximate surface area is 161 Å². The van der Waals surface area contributed by atoms with E-state index in [9.17, 15) is 9.90 Å². The van der Waals surface area contributed by atoms with Crippen LogP contribution in [0.3, 0.4) is 0 Å². The predicted molar refractivity (Wildman–Crippen MR) is 106 cm³/mol. The monoisotopic (exact) mass is 374 g/mol. The highest BCUT2D eigenvalue weighted by Crippen LogP contribution is 2.21. The SMILES string of the molecule is CC(c1ccc(Cl)cc1)N(C)C(=O)CN(CCO)CCc1ccccc1. The van der Waals surface area contributed by atoms with Gasteiger partial charge in [0.2, 0.25) is 5.91 Å². The van der Waals surface area contributed by atoms with Crippen molar-refractivity contribution in [3.8, 4) is 0 Å². The highest BCUT2D eigenvalue weighted by molar-refractivity contribution is 6.30. The largest absolute Gasteiger partial charge is 0.395 e. The third-order valence-electron chi connectivity index (χ3n) is 4.66. The van der Waals surface area contributed by atoms with Crippen molar-refractivity contribution < 1.29 is 9.90 Å². The topological polar surface area (TPSA) is 43.8 Å². The molecule has 0 aliphatic heterocycles. The number of aliphatic hydroxyl groups is 1. The van der Waals surface area contributed by atoms with Gasteiger partial charge in [0, 0.05) is 25.2 Å². The molecule has 5 heteroatoms. The van der Waals surface area contributed by atoms with E-state index in [1.807, 2.05) is 61.3 Å². The Bertz CT molecular complexity index is 676. The van der Waals surface area contributed by atoms with E-state index >= 15 is 0 Å². The smallest absolute Gasteiger partial charge is 0.236 e. The average Bonchev–Trinajstić information content (AvgIpc) is 2.66. The maximum Gasteiger partial charge on any atom is 0.236 e. The molecule has 1 atom stereocenters. The number of rotatable bonds is 9. The summed E-state index contributed by atoms with van der Waals surface area (Å²) in [7, 11) is 1.82. The molecule has 0 bridgehead atoms. The zero-order valence-electron chi connectivity index (χ0n) is 15.4. The van der Waals surface area contributed by atoms with Crippen molar-refractivity contribution in [2.24, 2.45) is 0 Å². The molecule has 2 aromatic carbocycles. The summed E-state index contributed by atoms with van der Waals surface area (Å²) in [5, 5.41) is 10.0. The third kappa shape index (κ3) is 6.13. The molecular weight excluding hydrogens is 348 g/mol. The predicted octanol–water partition coefficient (Wildman–Crippen LogP) is 3.40. The fourth-order valence-electron chi connectivity index (χ4n) is 2.83. The molecule has 0 aliphatic rings. The molecule has 0 fully saturated rings. The molecule has 140 valence electrons. The van der Waals surface area contributed by atoms with E-state index in [-0.39, 0.29) is 18.6 Å². The lowest BCUT2D eigenvalue weighted by molar-refractivity contribution is -0.133. The minimum absolute atomic E-state index is 0.0361. The molecule has 2 rings (SSSR count). The van der Waals surface area contributed by atoms with Gasteiger partial charge in [-0.1, -0.05) is 54.1 Å². The van der Waals surface area contributed by atoms with Crippen LogP contribution >= 0.6 is 11.6 Å². The number of hydrogen-bond donors (Lipinski definition) is 1.